The Hall–Kier alpha value is -0.810. The van der Waals surface area contributed by atoms with Crippen LogP contribution in [0.5, 0.6) is 0 Å². The number of hydrogen-bond donors (Lipinski definition) is 2. The van der Waals surface area contributed by atoms with Crippen molar-refractivity contribution in [2.24, 2.45) is 11.8 Å². The summed E-state index contributed by atoms with van der Waals surface area (Å²) in [5.74, 6) is 1.19. The van der Waals surface area contributed by atoms with Crippen LogP contribution in [0.25, 0.3) is 0 Å². The molecule has 6 atom stereocenters. The van der Waals surface area contributed by atoms with Gasteiger partial charge < -0.3 is 20.1 Å². The zero-order valence-corrected chi connectivity index (χ0v) is 14.9. The van der Waals surface area contributed by atoms with E-state index in [-0.39, 0.29) is 24.3 Å². The van der Waals surface area contributed by atoms with Crippen molar-refractivity contribution < 1.29 is 14.3 Å². The summed E-state index contributed by atoms with van der Waals surface area (Å²) in [4.78, 5) is 12.2. The van der Waals surface area contributed by atoms with Gasteiger partial charge in [0.25, 0.3) is 0 Å². The number of ether oxygens (including phenoxy) is 2. The van der Waals surface area contributed by atoms with Gasteiger partial charge in [0.15, 0.2) is 0 Å². The fourth-order valence-electron chi connectivity index (χ4n) is 4.54. The zero-order valence-electron chi connectivity index (χ0n) is 14.9. The molecule has 3 fully saturated rings. The smallest absolute Gasteiger partial charge is 0.407 e. The van der Waals surface area contributed by atoms with Crippen LogP contribution in [-0.4, -0.2) is 42.5 Å². The van der Waals surface area contributed by atoms with Crippen molar-refractivity contribution in [3.05, 3.63) is 0 Å². The minimum absolute atomic E-state index is 0.135. The fraction of sp³-hybridized carbons (Fsp3) is 0.944. The number of rotatable bonds is 4. The van der Waals surface area contributed by atoms with Gasteiger partial charge in [0.1, 0.15) is 5.60 Å². The molecule has 1 saturated heterocycles. The van der Waals surface area contributed by atoms with Gasteiger partial charge in [-0.1, -0.05) is 19.8 Å². The van der Waals surface area contributed by atoms with E-state index in [0.717, 1.165) is 18.9 Å². The van der Waals surface area contributed by atoms with E-state index in [0.29, 0.717) is 12.0 Å². The largest absolute Gasteiger partial charge is 0.444 e. The normalized spacial score (nSPS) is 39.7. The van der Waals surface area contributed by atoms with Gasteiger partial charge in [-0.3, -0.25) is 0 Å². The number of nitrogens with one attached hydrogen (secondary N) is 2. The van der Waals surface area contributed by atoms with Crippen molar-refractivity contribution in [3.8, 4) is 0 Å². The molecule has 3 rings (SSSR count). The van der Waals surface area contributed by atoms with E-state index in [1.54, 1.807) is 0 Å². The summed E-state index contributed by atoms with van der Waals surface area (Å²) < 4.78 is 11.3. The molecule has 5 heteroatoms. The third-order valence-corrected chi connectivity index (χ3v) is 5.66. The molecule has 0 aromatic heterocycles. The molecule has 2 aliphatic carbocycles. The van der Waals surface area contributed by atoms with Crippen LogP contribution in [0.2, 0.25) is 0 Å². The minimum Gasteiger partial charge on any atom is -0.444 e. The van der Waals surface area contributed by atoms with Crippen LogP contribution < -0.4 is 10.6 Å². The van der Waals surface area contributed by atoms with E-state index >= 15 is 0 Å². The van der Waals surface area contributed by atoms with E-state index < -0.39 is 5.60 Å². The molecular weight excluding hydrogens is 292 g/mol. The summed E-state index contributed by atoms with van der Waals surface area (Å²) in [6.45, 7) is 8.78. The second kappa shape index (κ2) is 6.60. The van der Waals surface area contributed by atoms with Crippen molar-refractivity contribution in [1.29, 1.82) is 0 Å². The quantitative estimate of drug-likeness (QED) is 0.835. The summed E-state index contributed by atoms with van der Waals surface area (Å²) in [5.41, 5.74) is -0.457. The Morgan fingerprint density at radius 3 is 2.70 bits per heavy atom. The Morgan fingerprint density at radius 1 is 1.22 bits per heavy atom. The third-order valence-electron chi connectivity index (χ3n) is 5.66. The lowest BCUT2D eigenvalue weighted by Crippen LogP contribution is -2.71. The maximum Gasteiger partial charge on any atom is 0.407 e. The summed E-state index contributed by atoms with van der Waals surface area (Å²) >= 11 is 0. The van der Waals surface area contributed by atoms with Crippen molar-refractivity contribution in [2.75, 3.05) is 6.61 Å². The monoisotopic (exact) mass is 324 g/mol. The first-order valence-corrected chi connectivity index (χ1v) is 9.26. The fourth-order valence-corrected chi connectivity index (χ4v) is 4.54. The first-order valence-electron chi connectivity index (χ1n) is 9.26. The summed E-state index contributed by atoms with van der Waals surface area (Å²) in [6, 6.07) is 0.931. The number of alkyl carbamates (subject to hydrolysis) is 1. The lowest BCUT2D eigenvalue weighted by Gasteiger charge is -2.49. The summed E-state index contributed by atoms with van der Waals surface area (Å²) in [7, 11) is 0. The predicted molar refractivity (Wildman–Crippen MR) is 89.3 cm³/mol. The number of amides is 1. The van der Waals surface area contributed by atoms with E-state index in [4.69, 9.17) is 9.47 Å². The highest BCUT2D eigenvalue weighted by Crippen LogP contribution is 2.41. The highest BCUT2D eigenvalue weighted by molar-refractivity contribution is 5.68. The van der Waals surface area contributed by atoms with Crippen LogP contribution in [0.3, 0.4) is 0 Å². The van der Waals surface area contributed by atoms with Crippen LogP contribution >= 0.6 is 0 Å². The van der Waals surface area contributed by atoms with Crippen LogP contribution in [0.4, 0.5) is 4.79 Å². The van der Waals surface area contributed by atoms with E-state index in [9.17, 15) is 4.79 Å². The number of carbonyl (C=O) groups is 1. The summed E-state index contributed by atoms with van der Waals surface area (Å²) in [6.07, 6.45) is 6.08. The first-order chi connectivity index (χ1) is 10.9. The topological polar surface area (TPSA) is 59.6 Å². The molecule has 5 nitrogen and oxygen atoms in total. The van der Waals surface area contributed by atoms with Gasteiger partial charge in [0.2, 0.25) is 0 Å². The molecule has 3 aliphatic rings. The molecule has 0 radical (unpaired) electrons. The number of hydrogen-bond acceptors (Lipinski definition) is 4. The van der Waals surface area contributed by atoms with Gasteiger partial charge in [0, 0.05) is 18.6 Å². The lowest BCUT2D eigenvalue weighted by atomic mass is 9.71. The molecule has 2 N–H and O–H groups in total. The molecule has 23 heavy (non-hydrogen) atoms. The molecule has 1 amide bonds. The standard InChI is InChI=1S/C18H32N2O3/c1-5-11-7-6-8-13(11)19-15-14(12-9-10-22-16(12)15)20-17(21)23-18(2,3)4/h11-16,19H,5-10H2,1-4H3,(H,20,21). The van der Waals surface area contributed by atoms with E-state index in [1.165, 1.54) is 25.7 Å². The lowest BCUT2D eigenvalue weighted by molar-refractivity contribution is -0.0392. The maximum absolute atomic E-state index is 12.2. The van der Waals surface area contributed by atoms with Gasteiger partial charge in [-0.2, -0.15) is 0 Å². The molecule has 0 aromatic rings. The molecule has 1 heterocycles. The Morgan fingerprint density at radius 2 is 2.00 bits per heavy atom. The average molecular weight is 324 g/mol. The molecular formula is C18H32N2O3. The van der Waals surface area contributed by atoms with Crippen LogP contribution in [0.1, 0.15) is 59.8 Å². The van der Waals surface area contributed by atoms with Crippen LogP contribution in [0.15, 0.2) is 0 Å². The SMILES string of the molecule is CCC1CCCC1NC1C(NC(=O)OC(C)(C)C)C2CCOC21. The molecule has 0 spiro atoms. The second-order valence-corrected chi connectivity index (χ2v) is 8.36. The zero-order chi connectivity index (χ0) is 16.6. The maximum atomic E-state index is 12.2. The molecule has 6 unspecified atom stereocenters. The second-order valence-electron chi connectivity index (χ2n) is 8.36. The molecule has 1 aliphatic heterocycles. The van der Waals surface area contributed by atoms with E-state index in [1.807, 2.05) is 20.8 Å². The van der Waals surface area contributed by atoms with Crippen molar-refractivity contribution in [3.63, 3.8) is 0 Å². The number of fused-ring (bicyclic) bond motifs is 1. The van der Waals surface area contributed by atoms with Gasteiger partial charge >= 0.3 is 6.09 Å². The van der Waals surface area contributed by atoms with Crippen molar-refractivity contribution >= 4 is 6.09 Å². The number of carbonyl (C=O) groups excluding carboxylic acids is 1. The highest BCUT2D eigenvalue weighted by Gasteiger charge is 2.55. The minimum atomic E-state index is -0.457. The third kappa shape index (κ3) is 3.66. The summed E-state index contributed by atoms with van der Waals surface area (Å²) in [5, 5.41) is 6.91. The van der Waals surface area contributed by atoms with Gasteiger partial charge in [-0.05, 0) is 46.0 Å². The van der Waals surface area contributed by atoms with Crippen molar-refractivity contribution in [2.45, 2.75) is 89.6 Å². The molecule has 2 saturated carbocycles. The Balaban J connectivity index is 1.60. The van der Waals surface area contributed by atoms with Gasteiger partial charge in [0.05, 0.1) is 18.2 Å². The Kier molecular flexibility index (Phi) is 4.88. The Labute approximate surface area is 139 Å². The van der Waals surface area contributed by atoms with Crippen LogP contribution in [-0.2, 0) is 9.47 Å². The molecule has 132 valence electrons. The molecule has 0 aromatic carbocycles. The average Bonchev–Trinajstić information content (AvgIpc) is 3.07. The predicted octanol–water partition coefficient (Wildman–Crippen LogP) is 2.84. The van der Waals surface area contributed by atoms with Crippen LogP contribution in [0, 0.1) is 11.8 Å². The highest BCUT2D eigenvalue weighted by atomic mass is 16.6. The Bertz CT molecular complexity index is 434. The molecule has 0 bridgehead atoms. The van der Waals surface area contributed by atoms with E-state index in [2.05, 4.69) is 17.6 Å². The van der Waals surface area contributed by atoms with Gasteiger partial charge in [-0.15, -0.1) is 0 Å². The van der Waals surface area contributed by atoms with Crippen molar-refractivity contribution in [1.82, 2.24) is 10.6 Å². The van der Waals surface area contributed by atoms with Gasteiger partial charge in [-0.25, -0.2) is 4.79 Å². The first kappa shape index (κ1) is 17.0.